The van der Waals surface area contributed by atoms with Crippen molar-refractivity contribution in [2.75, 3.05) is 5.75 Å². The second kappa shape index (κ2) is 4.84. The van der Waals surface area contributed by atoms with Crippen molar-refractivity contribution >= 4 is 23.1 Å². The van der Waals surface area contributed by atoms with Crippen LogP contribution in [-0.4, -0.2) is 15.8 Å². The molecular weight excluding hydrogens is 190 g/mol. The molecule has 0 fully saturated rings. The molecule has 0 aromatic carbocycles. The fraction of sp³-hybridized carbons (Fsp3) is 0.625. The summed E-state index contributed by atoms with van der Waals surface area (Å²) in [6, 6.07) is 0. The van der Waals surface area contributed by atoms with Crippen molar-refractivity contribution in [2.45, 2.75) is 25.7 Å². The number of hydrogen-bond acceptors (Lipinski definition) is 4. The summed E-state index contributed by atoms with van der Waals surface area (Å²) in [4.78, 5) is 5.17. The van der Waals surface area contributed by atoms with Crippen molar-refractivity contribution in [2.24, 2.45) is 0 Å². The standard InChI is InChI=1S/C8H13NOS2/c1-3-11-5-8-9-4-7(12-8)6(2)10/h4,6,10H,3,5H2,1-2H3. The maximum absolute atomic E-state index is 9.23. The fourth-order valence-corrected chi connectivity index (χ4v) is 2.37. The highest BCUT2D eigenvalue weighted by atomic mass is 32.2. The van der Waals surface area contributed by atoms with Crippen LogP contribution in [0.3, 0.4) is 0 Å². The Kier molecular flexibility index (Phi) is 4.05. The second-order valence-corrected chi connectivity index (χ2v) is 4.89. The lowest BCUT2D eigenvalue weighted by Crippen LogP contribution is -1.83. The number of nitrogens with zero attached hydrogens (tertiary/aromatic N) is 1. The minimum Gasteiger partial charge on any atom is -0.388 e. The maximum atomic E-state index is 9.23. The predicted molar refractivity (Wildman–Crippen MR) is 54.6 cm³/mol. The molecule has 4 heteroatoms. The van der Waals surface area contributed by atoms with Gasteiger partial charge in [0.15, 0.2) is 0 Å². The van der Waals surface area contributed by atoms with Crippen LogP contribution in [0.15, 0.2) is 6.20 Å². The highest BCUT2D eigenvalue weighted by Crippen LogP contribution is 2.23. The Balaban J connectivity index is 2.52. The number of aliphatic hydroxyl groups is 1. The molecule has 1 unspecified atom stereocenters. The van der Waals surface area contributed by atoms with E-state index >= 15 is 0 Å². The van der Waals surface area contributed by atoms with Crippen LogP contribution in [0.4, 0.5) is 0 Å². The van der Waals surface area contributed by atoms with E-state index in [1.165, 1.54) is 0 Å². The Labute approximate surface area is 81.0 Å². The molecule has 0 aliphatic rings. The van der Waals surface area contributed by atoms with Crippen LogP contribution in [0, 0.1) is 0 Å². The van der Waals surface area contributed by atoms with E-state index in [2.05, 4.69) is 11.9 Å². The zero-order valence-electron chi connectivity index (χ0n) is 7.28. The normalized spacial score (nSPS) is 13.2. The minimum absolute atomic E-state index is 0.372. The molecular formula is C8H13NOS2. The number of thioether (sulfide) groups is 1. The molecule has 1 atom stereocenters. The zero-order chi connectivity index (χ0) is 8.97. The van der Waals surface area contributed by atoms with Gasteiger partial charge in [0.2, 0.25) is 0 Å². The van der Waals surface area contributed by atoms with Gasteiger partial charge in [0, 0.05) is 11.9 Å². The van der Waals surface area contributed by atoms with Crippen molar-refractivity contribution in [1.29, 1.82) is 0 Å². The number of thiazole rings is 1. The van der Waals surface area contributed by atoms with Crippen molar-refractivity contribution in [3.05, 3.63) is 16.1 Å². The molecule has 0 aliphatic heterocycles. The Bertz CT molecular complexity index is 235. The third-order valence-electron chi connectivity index (χ3n) is 1.41. The Hall–Kier alpha value is -0.0600. The third-order valence-corrected chi connectivity index (χ3v) is 3.65. The Morgan fingerprint density at radius 1 is 1.75 bits per heavy atom. The molecule has 0 spiro atoms. The van der Waals surface area contributed by atoms with E-state index in [9.17, 15) is 5.11 Å². The molecule has 0 aliphatic carbocycles. The van der Waals surface area contributed by atoms with E-state index in [0.29, 0.717) is 0 Å². The second-order valence-electron chi connectivity index (χ2n) is 2.47. The molecule has 0 bridgehead atoms. The highest BCUT2D eigenvalue weighted by molar-refractivity contribution is 7.98. The van der Waals surface area contributed by atoms with Crippen LogP contribution in [0.5, 0.6) is 0 Å². The number of hydrogen-bond donors (Lipinski definition) is 1. The van der Waals surface area contributed by atoms with Crippen LogP contribution >= 0.6 is 23.1 Å². The lowest BCUT2D eigenvalue weighted by Gasteiger charge is -1.95. The van der Waals surface area contributed by atoms with E-state index in [-0.39, 0.29) is 6.10 Å². The Morgan fingerprint density at radius 3 is 3.00 bits per heavy atom. The van der Waals surface area contributed by atoms with Gasteiger partial charge in [-0.25, -0.2) is 4.98 Å². The van der Waals surface area contributed by atoms with Crippen molar-refractivity contribution in [3.63, 3.8) is 0 Å². The van der Waals surface area contributed by atoms with Crippen molar-refractivity contribution in [3.8, 4) is 0 Å². The smallest absolute Gasteiger partial charge is 0.103 e. The first-order valence-electron chi connectivity index (χ1n) is 3.94. The topological polar surface area (TPSA) is 33.1 Å². The van der Waals surface area contributed by atoms with Gasteiger partial charge in [-0.2, -0.15) is 11.8 Å². The van der Waals surface area contributed by atoms with E-state index < -0.39 is 0 Å². The SMILES string of the molecule is CCSCc1ncc(C(C)O)s1. The third kappa shape index (κ3) is 2.77. The van der Waals surface area contributed by atoms with Gasteiger partial charge >= 0.3 is 0 Å². The van der Waals surface area contributed by atoms with Crippen LogP contribution < -0.4 is 0 Å². The van der Waals surface area contributed by atoms with Crippen LogP contribution in [0.25, 0.3) is 0 Å². The van der Waals surface area contributed by atoms with Gasteiger partial charge in [-0.15, -0.1) is 11.3 Å². The lowest BCUT2D eigenvalue weighted by molar-refractivity contribution is 0.203. The monoisotopic (exact) mass is 203 g/mol. The molecule has 2 nitrogen and oxygen atoms in total. The summed E-state index contributed by atoms with van der Waals surface area (Å²) in [5.74, 6) is 2.08. The highest BCUT2D eigenvalue weighted by Gasteiger charge is 2.05. The summed E-state index contributed by atoms with van der Waals surface area (Å²) >= 11 is 3.45. The fourth-order valence-electron chi connectivity index (χ4n) is 0.774. The number of rotatable bonds is 4. The Morgan fingerprint density at radius 2 is 2.50 bits per heavy atom. The predicted octanol–water partition coefficient (Wildman–Crippen LogP) is 2.45. The summed E-state index contributed by atoms with van der Waals surface area (Å²) in [6.45, 7) is 3.90. The maximum Gasteiger partial charge on any atom is 0.103 e. The van der Waals surface area contributed by atoms with E-state index in [1.54, 1.807) is 24.5 Å². The summed E-state index contributed by atoms with van der Waals surface area (Å²) < 4.78 is 0. The quantitative estimate of drug-likeness (QED) is 0.816. The number of aromatic nitrogens is 1. The van der Waals surface area contributed by atoms with Crippen LogP contribution in [0.2, 0.25) is 0 Å². The first-order valence-corrected chi connectivity index (χ1v) is 5.91. The van der Waals surface area contributed by atoms with Gasteiger partial charge in [-0.05, 0) is 12.7 Å². The minimum atomic E-state index is -0.372. The summed E-state index contributed by atoms with van der Waals surface area (Å²) in [5, 5.41) is 10.3. The molecule has 1 rings (SSSR count). The van der Waals surface area contributed by atoms with Crippen molar-refractivity contribution < 1.29 is 5.11 Å². The molecule has 1 heterocycles. The lowest BCUT2D eigenvalue weighted by atomic mass is 10.4. The molecule has 1 N–H and O–H groups in total. The number of aliphatic hydroxyl groups excluding tert-OH is 1. The molecule has 0 saturated heterocycles. The van der Waals surface area contributed by atoms with Gasteiger partial charge < -0.3 is 5.11 Å². The van der Waals surface area contributed by atoms with E-state index in [4.69, 9.17) is 0 Å². The first kappa shape index (κ1) is 10.0. The first-order chi connectivity index (χ1) is 5.74. The molecule has 0 radical (unpaired) electrons. The van der Waals surface area contributed by atoms with Crippen molar-refractivity contribution in [1.82, 2.24) is 4.98 Å². The average Bonchev–Trinajstić information content (AvgIpc) is 2.48. The van der Waals surface area contributed by atoms with Gasteiger partial charge in [-0.1, -0.05) is 6.92 Å². The van der Waals surface area contributed by atoms with Gasteiger partial charge in [-0.3, -0.25) is 0 Å². The van der Waals surface area contributed by atoms with Gasteiger partial charge in [0.25, 0.3) is 0 Å². The van der Waals surface area contributed by atoms with Crippen LogP contribution in [0.1, 0.15) is 29.8 Å². The summed E-state index contributed by atoms with van der Waals surface area (Å²) in [6.07, 6.45) is 1.39. The molecule has 0 amide bonds. The van der Waals surface area contributed by atoms with E-state index in [1.807, 2.05) is 11.8 Å². The molecule has 68 valence electrons. The average molecular weight is 203 g/mol. The van der Waals surface area contributed by atoms with Gasteiger partial charge in [0.1, 0.15) is 5.01 Å². The summed E-state index contributed by atoms with van der Waals surface area (Å²) in [5.41, 5.74) is 0. The molecule has 1 aromatic heterocycles. The summed E-state index contributed by atoms with van der Waals surface area (Å²) in [7, 11) is 0. The zero-order valence-corrected chi connectivity index (χ0v) is 8.91. The molecule has 0 saturated carbocycles. The molecule has 1 aromatic rings. The van der Waals surface area contributed by atoms with Crippen LogP contribution in [-0.2, 0) is 5.75 Å². The van der Waals surface area contributed by atoms with E-state index in [0.717, 1.165) is 21.4 Å². The molecule has 12 heavy (non-hydrogen) atoms. The largest absolute Gasteiger partial charge is 0.388 e. The van der Waals surface area contributed by atoms with Gasteiger partial charge in [0.05, 0.1) is 11.0 Å².